The molecule has 1 rings (SSSR count). The van der Waals surface area contributed by atoms with Crippen molar-refractivity contribution in [3.8, 4) is 0 Å². The Bertz CT molecular complexity index is 535. The van der Waals surface area contributed by atoms with Gasteiger partial charge in [-0.25, -0.2) is 4.79 Å². The highest BCUT2D eigenvalue weighted by Crippen LogP contribution is 2.29. The minimum absolute atomic E-state index is 0.395. The molecule has 154 valence electrons. The smallest absolute Gasteiger partial charge is 0.342 e. The van der Waals surface area contributed by atoms with Crippen molar-refractivity contribution in [1.82, 2.24) is 5.32 Å². The Morgan fingerprint density at radius 2 is 1.59 bits per heavy atom. The van der Waals surface area contributed by atoms with E-state index in [1.54, 1.807) is 0 Å². The number of ether oxygens (including phenoxy) is 1. The molecule has 0 aliphatic heterocycles. The maximum absolute atomic E-state index is 11.4. The van der Waals surface area contributed by atoms with Crippen LogP contribution in [0.4, 0.5) is 0 Å². The molecule has 1 aromatic carbocycles. The predicted molar refractivity (Wildman–Crippen MR) is 116 cm³/mol. The van der Waals surface area contributed by atoms with Crippen LogP contribution in [0, 0.1) is 0 Å². The van der Waals surface area contributed by atoms with E-state index in [9.17, 15) is 4.79 Å². The summed E-state index contributed by atoms with van der Waals surface area (Å²) in [7, 11) is 1.30. The number of hydrogen-bond acceptors (Lipinski definition) is 3. The van der Waals surface area contributed by atoms with Crippen molar-refractivity contribution in [3.05, 3.63) is 34.9 Å². The normalized spacial score (nSPS) is 12.8. The highest BCUT2D eigenvalue weighted by molar-refractivity contribution is 6.57. The van der Waals surface area contributed by atoms with Crippen LogP contribution in [0.2, 0.25) is 5.02 Å². The Balaban J connectivity index is 2.13. The van der Waals surface area contributed by atoms with Crippen molar-refractivity contribution in [2.75, 3.05) is 13.7 Å². The van der Waals surface area contributed by atoms with E-state index in [1.165, 1.54) is 38.4 Å². The maximum Gasteiger partial charge on any atom is 0.342 e. The summed E-state index contributed by atoms with van der Waals surface area (Å²) in [5.41, 5.74) is 1.30. The van der Waals surface area contributed by atoms with Gasteiger partial charge in [-0.1, -0.05) is 92.4 Å². The summed E-state index contributed by atoms with van der Waals surface area (Å²) < 4.78 is 3.19. The molecule has 1 unspecified atom stereocenters. The van der Waals surface area contributed by atoms with Gasteiger partial charge in [-0.2, -0.15) is 0 Å². The molecule has 1 atom stereocenters. The molecule has 0 heterocycles. The fourth-order valence-corrected chi connectivity index (χ4v) is 3.71. The lowest BCUT2D eigenvalue weighted by Crippen LogP contribution is -2.27. The van der Waals surface area contributed by atoms with Gasteiger partial charge in [0.1, 0.15) is 0 Å². The number of methoxy groups -OCH3 is 1. The molecule has 0 bridgehead atoms. The van der Waals surface area contributed by atoms with Crippen molar-refractivity contribution in [3.63, 3.8) is 0 Å². The van der Waals surface area contributed by atoms with Crippen LogP contribution in [-0.4, -0.2) is 24.0 Å². The molecule has 0 aliphatic rings. The first-order chi connectivity index (χ1) is 12.9. The zero-order valence-electron chi connectivity index (χ0n) is 16.4. The molecule has 1 N–H and O–H groups in total. The number of alkyl halides is 2. The first kappa shape index (κ1) is 24.6. The van der Waals surface area contributed by atoms with Gasteiger partial charge in [0.25, 0.3) is 0 Å². The quantitative estimate of drug-likeness (QED) is 0.197. The van der Waals surface area contributed by atoms with Gasteiger partial charge in [-0.15, -0.1) is 0 Å². The second-order valence-corrected chi connectivity index (χ2v) is 8.79. The fraction of sp³-hybridized carbons (Fsp3) is 0.667. The van der Waals surface area contributed by atoms with Gasteiger partial charge < -0.3 is 10.1 Å². The lowest BCUT2D eigenvalue weighted by Gasteiger charge is -2.18. The van der Waals surface area contributed by atoms with E-state index < -0.39 is 10.3 Å². The number of esters is 1. The molecule has 0 saturated heterocycles. The van der Waals surface area contributed by atoms with Crippen LogP contribution >= 0.6 is 34.8 Å². The molecule has 0 radical (unpaired) electrons. The average molecular weight is 437 g/mol. The molecular formula is C21H32Cl3NO2. The lowest BCUT2D eigenvalue weighted by atomic mass is 9.99. The molecule has 6 heteroatoms. The average Bonchev–Trinajstić information content (AvgIpc) is 2.65. The summed E-state index contributed by atoms with van der Waals surface area (Å²) in [5.74, 6) is -0.568. The Labute approximate surface area is 179 Å². The van der Waals surface area contributed by atoms with E-state index in [2.05, 4.69) is 29.1 Å². The number of carbonyl (C=O) groups excluding carboxylic acids is 1. The van der Waals surface area contributed by atoms with Gasteiger partial charge in [0, 0.05) is 11.1 Å². The molecule has 0 amide bonds. The second kappa shape index (κ2) is 13.7. The minimum Gasteiger partial charge on any atom is -0.467 e. The summed E-state index contributed by atoms with van der Waals surface area (Å²) in [5, 5.41) is 4.34. The Kier molecular flexibility index (Phi) is 12.4. The van der Waals surface area contributed by atoms with E-state index in [0.717, 1.165) is 37.3 Å². The van der Waals surface area contributed by atoms with Crippen molar-refractivity contribution in [2.45, 2.75) is 75.1 Å². The molecule has 0 spiro atoms. The van der Waals surface area contributed by atoms with Crippen LogP contribution in [0.15, 0.2) is 24.3 Å². The number of benzene rings is 1. The van der Waals surface area contributed by atoms with Crippen molar-refractivity contribution in [2.24, 2.45) is 0 Å². The maximum atomic E-state index is 11.4. The predicted octanol–water partition coefficient (Wildman–Crippen LogP) is 6.85. The standard InChI is InChI=1S/C21H32Cl3NO2/c1-3-25-19(17-12-14-18(22)15-13-17)11-9-7-5-4-6-8-10-16-21(23,24)20(26)27-2/h12-15,19,25H,3-11,16H2,1-2H3. The summed E-state index contributed by atoms with van der Waals surface area (Å²) >= 11 is 17.9. The van der Waals surface area contributed by atoms with Crippen LogP contribution in [0.5, 0.6) is 0 Å². The summed E-state index contributed by atoms with van der Waals surface area (Å²) in [4.78, 5) is 11.4. The lowest BCUT2D eigenvalue weighted by molar-refractivity contribution is -0.141. The number of carbonyl (C=O) groups is 1. The van der Waals surface area contributed by atoms with Crippen LogP contribution in [0.3, 0.4) is 0 Å². The summed E-state index contributed by atoms with van der Waals surface area (Å²) in [6.45, 7) is 3.10. The number of nitrogens with one attached hydrogen (secondary N) is 1. The van der Waals surface area contributed by atoms with E-state index >= 15 is 0 Å². The third-order valence-corrected chi connectivity index (χ3v) is 5.63. The molecule has 27 heavy (non-hydrogen) atoms. The first-order valence-electron chi connectivity index (χ1n) is 9.85. The van der Waals surface area contributed by atoms with Crippen LogP contribution in [-0.2, 0) is 9.53 Å². The van der Waals surface area contributed by atoms with E-state index in [-0.39, 0.29) is 0 Å². The second-order valence-electron chi connectivity index (χ2n) is 6.87. The molecule has 1 aromatic rings. The van der Waals surface area contributed by atoms with Gasteiger partial charge in [-0.3, -0.25) is 0 Å². The Morgan fingerprint density at radius 3 is 2.15 bits per heavy atom. The largest absolute Gasteiger partial charge is 0.467 e. The highest BCUT2D eigenvalue weighted by Gasteiger charge is 2.33. The van der Waals surface area contributed by atoms with Gasteiger partial charge >= 0.3 is 5.97 Å². The topological polar surface area (TPSA) is 38.3 Å². The van der Waals surface area contributed by atoms with Gasteiger partial charge in [0.2, 0.25) is 4.33 Å². The first-order valence-corrected chi connectivity index (χ1v) is 11.0. The monoisotopic (exact) mass is 435 g/mol. The Morgan fingerprint density at radius 1 is 1.04 bits per heavy atom. The zero-order valence-corrected chi connectivity index (χ0v) is 18.7. The molecule has 0 saturated carbocycles. The number of unbranched alkanes of at least 4 members (excludes halogenated alkanes) is 6. The number of rotatable bonds is 14. The van der Waals surface area contributed by atoms with E-state index in [1.807, 2.05) is 12.1 Å². The van der Waals surface area contributed by atoms with E-state index in [0.29, 0.717) is 12.5 Å². The van der Waals surface area contributed by atoms with Gasteiger partial charge in [-0.05, 0) is 43.5 Å². The third kappa shape index (κ3) is 10.0. The van der Waals surface area contributed by atoms with Crippen molar-refractivity contribution < 1.29 is 9.53 Å². The van der Waals surface area contributed by atoms with E-state index in [4.69, 9.17) is 34.8 Å². The molecule has 0 aromatic heterocycles. The van der Waals surface area contributed by atoms with Crippen molar-refractivity contribution in [1.29, 1.82) is 0 Å². The minimum atomic E-state index is -1.41. The van der Waals surface area contributed by atoms with Gasteiger partial charge in [0.05, 0.1) is 7.11 Å². The molecule has 0 fully saturated rings. The third-order valence-electron chi connectivity index (χ3n) is 4.69. The number of hydrogen-bond donors (Lipinski definition) is 1. The number of halogens is 3. The van der Waals surface area contributed by atoms with Crippen LogP contribution in [0.25, 0.3) is 0 Å². The van der Waals surface area contributed by atoms with Crippen molar-refractivity contribution >= 4 is 40.8 Å². The Hall–Kier alpha value is -0.480. The summed E-state index contributed by atoms with van der Waals surface area (Å²) in [6, 6.07) is 8.52. The molecular weight excluding hydrogens is 405 g/mol. The summed E-state index contributed by atoms with van der Waals surface area (Å²) in [6.07, 6.45) is 9.43. The highest BCUT2D eigenvalue weighted by atomic mass is 35.5. The van der Waals surface area contributed by atoms with Crippen LogP contribution in [0.1, 0.15) is 76.3 Å². The van der Waals surface area contributed by atoms with Crippen LogP contribution < -0.4 is 5.32 Å². The SMILES string of the molecule is CCNC(CCCCCCCCCC(Cl)(Cl)C(=O)OC)c1ccc(Cl)cc1. The fourth-order valence-electron chi connectivity index (χ4n) is 3.16. The molecule has 0 aliphatic carbocycles. The van der Waals surface area contributed by atoms with Gasteiger partial charge in [0.15, 0.2) is 0 Å². The zero-order chi connectivity index (χ0) is 20.1. The molecule has 3 nitrogen and oxygen atoms in total.